The molecule has 15 heteroatoms. The summed E-state index contributed by atoms with van der Waals surface area (Å²) in [5.41, 5.74) is 1.84. The van der Waals surface area contributed by atoms with Crippen LogP contribution in [0.1, 0.15) is 12.8 Å². The van der Waals surface area contributed by atoms with Crippen LogP contribution in [0.4, 0.5) is 4.79 Å². The molecule has 2 saturated heterocycles. The van der Waals surface area contributed by atoms with Gasteiger partial charge in [0.2, 0.25) is 0 Å². The Hall–Kier alpha value is -1.52. The molecule has 0 radical (unpaired) electrons. The highest BCUT2D eigenvalue weighted by molar-refractivity contribution is 7.87. The van der Waals surface area contributed by atoms with Gasteiger partial charge in [-0.1, -0.05) is 0 Å². The van der Waals surface area contributed by atoms with Gasteiger partial charge >= 0.3 is 16.4 Å². The minimum Gasteiger partial charge on any atom is -0.309 e. The molecule has 0 aromatic carbocycles. The van der Waals surface area contributed by atoms with E-state index in [0.717, 1.165) is 4.90 Å². The number of amides is 3. The molecular formula is C7H13N5O8S2. The van der Waals surface area contributed by atoms with E-state index < -0.39 is 44.6 Å². The minimum absolute atomic E-state index is 0.0121. The molecule has 2 aliphatic heterocycles. The Morgan fingerprint density at radius 2 is 1.95 bits per heavy atom. The van der Waals surface area contributed by atoms with Crippen LogP contribution < -0.4 is 15.4 Å². The van der Waals surface area contributed by atoms with Gasteiger partial charge in [0.1, 0.15) is 6.04 Å². The van der Waals surface area contributed by atoms with E-state index in [9.17, 15) is 26.4 Å². The molecule has 0 spiro atoms. The molecule has 0 aromatic heterocycles. The summed E-state index contributed by atoms with van der Waals surface area (Å²) in [5.74, 6) is -0.838. The Kier molecular flexibility index (Phi) is 4.28. The van der Waals surface area contributed by atoms with Crippen molar-refractivity contribution in [1.29, 1.82) is 0 Å². The van der Waals surface area contributed by atoms with Gasteiger partial charge in [0.05, 0.1) is 6.04 Å². The summed E-state index contributed by atoms with van der Waals surface area (Å²) in [6, 6.07) is -2.62. The molecule has 2 rings (SSSR count). The maximum atomic E-state index is 12.0. The van der Waals surface area contributed by atoms with Gasteiger partial charge < -0.3 is 4.90 Å². The molecule has 2 bridgehead atoms. The molecule has 0 saturated carbocycles. The number of nitrogens with zero attached hydrogens (tertiary/aromatic N) is 2. The number of hydrogen-bond acceptors (Lipinski definition) is 7. The lowest BCUT2D eigenvalue weighted by Gasteiger charge is -2.28. The van der Waals surface area contributed by atoms with Crippen molar-refractivity contribution in [2.45, 2.75) is 24.9 Å². The number of hydrogen-bond donors (Lipinski definition) is 4. The van der Waals surface area contributed by atoms with E-state index in [2.05, 4.69) is 9.42 Å². The molecule has 22 heavy (non-hydrogen) atoms. The van der Waals surface area contributed by atoms with Gasteiger partial charge in [0.15, 0.2) is 0 Å². The van der Waals surface area contributed by atoms with E-state index >= 15 is 0 Å². The lowest BCUT2D eigenvalue weighted by atomic mass is 10.0. The third-order valence-corrected chi connectivity index (χ3v) is 3.85. The number of carbonyl (C=O) groups excluding carboxylic acids is 2. The Labute approximate surface area is 125 Å². The number of rotatable bonds is 5. The molecular weight excluding hydrogens is 346 g/mol. The molecule has 2 heterocycles. The molecule has 0 aliphatic carbocycles. The maximum Gasteiger partial charge on any atom is 0.418 e. The van der Waals surface area contributed by atoms with Gasteiger partial charge in [0, 0.05) is 6.54 Å². The third kappa shape index (κ3) is 3.81. The van der Waals surface area contributed by atoms with Crippen LogP contribution in [-0.2, 0) is 29.7 Å². The molecule has 0 unspecified atom stereocenters. The van der Waals surface area contributed by atoms with Gasteiger partial charge in [-0.15, -0.1) is 9.11 Å². The summed E-state index contributed by atoms with van der Waals surface area (Å²) >= 11 is 0. The number of nitrogens with two attached hydrogens (primary N) is 1. The summed E-state index contributed by atoms with van der Waals surface area (Å²) < 4.78 is 55.6. The zero-order chi connectivity index (χ0) is 16.7. The van der Waals surface area contributed by atoms with Crippen molar-refractivity contribution in [1.82, 2.24) is 20.2 Å². The molecule has 126 valence electrons. The SMILES string of the molecule is NS(=O)(=O)NNC(=O)[C@@H]1CC[C@@H]2CN1C(=O)N2OS(=O)(=O)O. The van der Waals surface area contributed by atoms with E-state index in [1.54, 1.807) is 4.83 Å². The standard InChI is InChI=1S/C7H13N5O8S2/c8-21(15,16)10-9-6(13)5-2-1-4-3-11(5)7(14)12(4)20-22(17,18)19/h4-5,10H,1-3H2,(H,9,13)(H2,8,15,16)(H,17,18,19)/t4-,5+/m1/s1. The molecule has 2 aliphatic rings. The Morgan fingerprint density at radius 3 is 2.50 bits per heavy atom. The van der Waals surface area contributed by atoms with Crippen molar-refractivity contribution >= 4 is 32.5 Å². The first-order valence-corrected chi connectivity index (χ1v) is 8.75. The van der Waals surface area contributed by atoms with Crippen LogP contribution in [0.25, 0.3) is 0 Å². The van der Waals surface area contributed by atoms with Crippen molar-refractivity contribution in [2.75, 3.05) is 6.54 Å². The first-order valence-electron chi connectivity index (χ1n) is 5.84. The Morgan fingerprint density at radius 1 is 1.32 bits per heavy atom. The Bertz CT molecular complexity index is 690. The van der Waals surface area contributed by atoms with Crippen LogP contribution >= 0.6 is 0 Å². The van der Waals surface area contributed by atoms with E-state index in [4.69, 9.17) is 4.55 Å². The number of carbonyl (C=O) groups is 2. The number of fused-ring (bicyclic) bond motifs is 2. The van der Waals surface area contributed by atoms with Gasteiger partial charge in [-0.2, -0.15) is 21.9 Å². The van der Waals surface area contributed by atoms with Crippen LogP contribution in [0.15, 0.2) is 0 Å². The second-order valence-electron chi connectivity index (χ2n) is 4.65. The first-order chi connectivity index (χ1) is 9.98. The zero-order valence-electron chi connectivity index (χ0n) is 10.9. The average Bonchev–Trinajstić information content (AvgIpc) is 2.59. The van der Waals surface area contributed by atoms with Crippen molar-refractivity contribution < 1.29 is 35.3 Å². The van der Waals surface area contributed by atoms with Gasteiger partial charge in [0.25, 0.3) is 16.1 Å². The molecule has 2 fully saturated rings. The lowest BCUT2D eigenvalue weighted by molar-refractivity contribution is -0.126. The highest BCUT2D eigenvalue weighted by Crippen LogP contribution is 2.30. The summed E-state index contributed by atoms with van der Waals surface area (Å²) in [6.07, 6.45) is 0.352. The van der Waals surface area contributed by atoms with Crippen molar-refractivity contribution in [3.63, 3.8) is 0 Å². The number of nitrogens with one attached hydrogen (secondary N) is 2. The normalized spacial score (nSPS) is 25.5. The predicted octanol–water partition coefficient (Wildman–Crippen LogP) is -3.19. The van der Waals surface area contributed by atoms with E-state index in [1.807, 2.05) is 5.43 Å². The second kappa shape index (κ2) is 5.60. The lowest BCUT2D eigenvalue weighted by Crippen LogP contribution is -2.55. The minimum atomic E-state index is -4.88. The molecule has 2 atom stereocenters. The fourth-order valence-corrected chi connectivity index (χ4v) is 2.94. The highest BCUT2D eigenvalue weighted by atomic mass is 32.3. The van der Waals surface area contributed by atoms with Gasteiger partial charge in [-0.3, -0.25) is 14.8 Å². The summed E-state index contributed by atoms with van der Waals surface area (Å²) in [7, 11) is -9.03. The van der Waals surface area contributed by atoms with Crippen LogP contribution in [0, 0.1) is 0 Å². The summed E-state index contributed by atoms with van der Waals surface area (Å²) in [5, 5.41) is 5.12. The molecule has 5 N–H and O–H groups in total. The number of piperidine rings is 1. The van der Waals surface area contributed by atoms with Crippen molar-refractivity contribution in [3.8, 4) is 0 Å². The molecule has 0 aromatic rings. The summed E-state index contributed by atoms with van der Waals surface area (Å²) in [6.45, 7) is -0.0121. The van der Waals surface area contributed by atoms with Crippen molar-refractivity contribution in [2.24, 2.45) is 5.14 Å². The first kappa shape index (κ1) is 16.8. The zero-order valence-corrected chi connectivity index (χ0v) is 12.5. The van der Waals surface area contributed by atoms with Gasteiger partial charge in [-0.05, 0) is 12.8 Å². The van der Waals surface area contributed by atoms with Gasteiger partial charge in [-0.25, -0.2) is 9.93 Å². The van der Waals surface area contributed by atoms with Crippen LogP contribution in [0.3, 0.4) is 0 Å². The third-order valence-electron chi connectivity index (χ3n) is 3.12. The quantitative estimate of drug-likeness (QED) is 0.292. The average molecular weight is 359 g/mol. The van der Waals surface area contributed by atoms with E-state index in [1.165, 1.54) is 0 Å². The Balaban J connectivity index is 2.07. The highest BCUT2D eigenvalue weighted by Gasteiger charge is 2.49. The van der Waals surface area contributed by atoms with Crippen molar-refractivity contribution in [3.05, 3.63) is 0 Å². The number of urea groups is 1. The largest absolute Gasteiger partial charge is 0.418 e. The molecule has 3 amide bonds. The smallest absolute Gasteiger partial charge is 0.309 e. The maximum absolute atomic E-state index is 12.0. The predicted molar refractivity (Wildman–Crippen MR) is 67.8 cm³/mol. The van der Waals surface area contributed by atoms with Crippen LogP contribution in [-0.4, -0.2) is 61.9 Å². The van der Waals surface area contributed by atoms with Crippen LogP contribution in [0.5, 0.6) is 0 Å². The van der Waals surface area contributed by atoms with Crippen LogP contribution in [0.2, 0.25) is 0 Å². The summed E-state index contributed by atoms with van der Waals surface area (Å²) in [4.78, 5) is 26.4. The fraction of sp³-hybridized carbons (Fsp3) is 0.714. The number of hydrazine groups is 1. The monoisotopic (exact) mass is 359 g/mol. The second-order valence-corrected chi connectivity index (χ2v) is 6.94. The van der Waals surface area contributed by atoms with E-state index in [0.29, 0.717) is 5.06 Å². The molecule has 13 nitrogen and oxygen atoms in total. The fourth-order valence-electron chi connectivity index (χ4n) is 2.31. The number of hydroxylamine groups is 2. The topological polar surface area (TPSA) is 188 Å². The van der Waals surface area contributed by atoms with E-state index in [-0.39, 0.29) is 19.4 Å².